The summed E-state index contributed by atoms with van der Waals surface area (Å²) in [5.41, 5.74) is 2.27. The van der Waals surface area contributed by atoms with E-state index in [1.165, 1.54) is 33.5 Å². The molecule has 128 valence electrons. The summed E-state index contributed by atoms with van der Waals surface area (Å²) in [4.78, 5) is 16.0. The van der Waals surface area contributed by atoms with E-state index in [2.05, 4.69) is 5.10 Å². The number of hydrogen-bond donors (Lipinski definition) is 0. The van der Waals surface area contributed by atoms with E-state index in [1.54, 1.807) is 23.2 Å². The minimum absolute atomic E-state index is 0.122. The first-order valence-electron chi connectivity index (χ1n) is 7.89. The Balaban J connectivity index is 1.64. The lowest BCUT2D eigenvalue weighted by Gasteiger charge is -2.26. The summed E-state index contributed by atoms with van der Waals surface area (Å²) in [6.45, 7) is 2.94. The lowest BCUT2D eigenvalue weighted by atomic mass is 10.1. The van der Waals surface area contributed by atoms with Crippen LogP contribution in [0, 0.1) is 18.6 Å². The number of amides is 1. The number of carbonyl (C=O) groups excluding carboxylic acids is 1. The summed E-state index contributed by atoms with van der Waals surface area (Å²) in [6, 6.07) is 5.34. The molecule has 4 nitrogen and oxygen atoms in total. The molecule has 0 fully saturated rings. The molecule has 1 aromatic carbocycles. The molecule has 0 radical (unpaired) electrons. The molecular weight excluding hydrogens is 344 g/mol. The minimum atomic E-state index is -0.717. The van der Waals surface area contributed by atoms with E-state index < -0.39 is 11.6 Å². The van der Waals surface area contributed by atoms with Crippen molar-refractivity contribution in [1.29, 1.82) is 0 Å². The molecule has 0 atom stereocenters. The van der Waals surface area contributed by atoms with Crippen molar-refractivity contribution in [1.82, 2.24) is 14.7 Å². The molecule has 3 aromatic rings. The summed E-state index contributed by atoms with van der Waals surface area (Å²) < 4.78 is 28.5. The highest BCUT2D eigenvalue weighted by molar-refractivity contribution is 7.10. The van der Waals surface area contributed by atoms with Gasteiger partial charge in [0, 0.05) is 24.0 Å². The molecule has 1 aliphatic heterocycles. The van der Waals surface area contributed by atoms with Crippen molar-refractivity contribution < 1.29 is 13.6 Å². The van der Waals surface area contributed by atoms with E-state index in [0.29, 0.717) is 24.3 Å². The number of hydrogen-bond acceptors (Lipinski definition) is 3. The topological polar surface area (TPSA) is 38.1 Å². The van der Waals surface area contributed by atoms with E-state index in [-0.39, 0.29) is 11.6 Å². The zero-order valence-corrected chi connectivity index (χ0v) is 14.3. The number of nitrogens with zero attached hydrogens (tertiary/aromatic N) is 3. The third-order valence-corrected chi connectivity index (χ3v) is 5.50. The van der Waals surface area contributed by atoms with E-state index in [0.717, 1.165) is 12.5 Å². The SMILES string of the molecule is Cc1c(C(=O)N2CCc3sccc3C2)cnn1-c1ccc(F)cc1F. The second-order valence-corrected chi connectivity index (χ2v) is 7.00. The van der Waals surface area contributed by atoms with Gasteiger partial charge in [0.25, 0.3) is 5.91 Å². The lowest BCUT2D eigenvalue weighted by Crippen LogP contribution is -2.35. The Hall–Kier alpha value is -2.54. The predicted octanol–water partition coefficient (Wildman–Crippen LogP) is 3.72. The largest absolute Gasteiger partial charge is 0.334 e. The van der Waals surface area contributed by atoms with Gasteiger partial charge in [0.05, 0.1) is 17.5 Å². The molecule has 1 aliphatic rings. The summed E-state index contributed by atoms with van der Waals surface area (Å²) in [6.07, 6.45) is 2.29. The van der Waals surface area contributed by atoms with Crippen molar-refractivity contribution >= 4 is 17.2 Å². The first-order valence-corrected chi connectivity index (χ1v) is 8.77. The van der Waals surface area contributed by atoms with Crippen molar-refractivity contribution in [3.05, 3.63) is 69.2 Å². The van der Waals surface area contributed by atoms with Gasteiger partial charge in [-0.3, -0.25) is 4.79 Å². The second kappa shape index (κ2) is 6.07. The van der Waals surface area contributed by atoms with E-state index >= 15 is 0 Å². The van der Waals surface area contributed by atoms with Crippen molar-refractivity contribution in [3.63, 3.8) is 0 Å². The minimum Gasteiger partial charge on any atom is -0.334 e. The van der Waals surface area contributed by atoms with Crippen LogP contribution in [0.5, 0.6) is 0 Å². The average molecular weight is 359 g/mol. The van der Waals surface area contributed by atoms with Crippen LogP contribution in [-0.2, 0) is 13.0 Å². The van der Waals surface area contributed by atoms with Crippen molar-refractivity contribution in [2.45, 2.75) is 19.9 Å². The van der Waals surface area contributed by atoms with Gasteiger partial charge in [0.1, 0.15) is 11.5 Å². The molecule has 7 heteroatoms. The molecule has 0 aliphatic carbocycles. The molecular formula is C18H15F2N3OS. The van der Waals surface area contributed by atoms with Crippen LogP contribution < -0.4 is 0 Å². The fourth-order valence-corrected chi connectivity index (χ4v) is 4.00. The van der Waals surface area contributed by atoms with Crippen LogP contribution in [0.4, 0.5) is 8.78 Å². The maximum Gasteiger partial charge on any atom is 0.257 e. The quantitative estimate of drug-likeness (QED) is 0.699. The van der Waals surface area contributed by atoms with E-state index in [4.69, 9.17) is 0 Å². The molecule has 0 unspecified atom stereocenters. The van der Waals surface area contributed by atoms with Crippen molar-refractivity contribution in [3.8, 4) is 5.69 Å². The maximum absolute atomic E-state index is 14.0. The Morgan fingerprint density at radius 1 is 1.28 bits per heavy atom. The molecule has 2 aromatic heterocycles. The highest BCUT2D eigenvalue weighted by Crippen LogP contribution is 2.26. The second-order valence-electron chi connectivity index (χ2n) is 6.00. The summed E-state index contributed by atoms with van der Waals surface area (Å²) in [5.74, 6) is -1.49. The summed E-state index contributed by atoms with van der Waals surface area (Å²) in [5, 5.41) is 6.18. The first-order chi connectivity index (χ1) is 12.0. The fourth-order valence-electron chi connectivity index (χ4n) is 3.11. The van der Waals surface area contributed by atoms with Gasteiger partial charge in [-0.1, -0.05) is 0 Å². The van der Waals surface area contributed by atoms with Crippen LogP contribution in [0.25, 0.3) is 5.69 Å². The average Bonchev–Trinajstić information content (AvgIpc) is 3.20. The molecule has 3 heterocycles. The van der Waals surface area contributed by atoms with Crippen LogP contribution in [0.15, 0.2) is 35.8 Å². The highest BCUT2D eigenvalue weighted by Gasteiger charge is 2.25. The Kier molecular flexibility index (Phi) is 3.88. The molecule has 4 rings (SSSR count). The Morgan fingerprint density at radius 3 is 2.92 bits per heavy atom. The molecule has 0 spiro atoms. The van der Waals surface area contributed by atoms with Crippen LogP contribution in [-0.4, -0.2) is 27.1 Å². The first kappa shape index (κ1) is 16.0. The number of benzene rings is 1. The highest BCUT2D eigenvalue weighted by atomic mass is 32.1. The van der Waals surface area contributed by atoms with Gasteiger partial charge in [-0.25, -0.2) is 13.5 Å². The molecule has 0 saturated carbocycles. The summed E-state index contributed by atoms with van der Waals surface area (Å²) >= 11 is 1.72. The maximum atomic E-state index is 14.0. The third-order valence-electron chi connectivity index (χ3n) is 4.47. The van der Waals surface area contributed by atoms with Crippen LogP contribution in [0.2, 0.25) is 0 Å². The smallest absolute Gasteiger partial charge is 0.257 e. The number of rotatable bonds is 2. The Bertz CT molecular complexity index is 963. The number of halogens is 2. The number of carbonyl (C=O) groups is 1. The van der Waals surface area contributed by atoms with Gasteiger partial charge in [0.2, 0.25) is 0 Å². The van der Waals surface area contributed by atoms with Gasteiger partial charge in [-0.05, 0) is 42.5 Å². The van der Waals surface area contributed by atoms with Crippen LogP contribution >= 0.6 is 11.3 Å². The molecule has 0 bridgehead atoms. The zero-order chi connectivity index (χ0) is 17.6. The number of fused-ring (bicyclic) bond motifs is 1. The number of thiophene rings is 1. The molecule has 1 amide bonds. The molecule has 0 N–H and O–H groups in total. The van der Waals surface area contributed by atoms with Crippen LogP contribution in [0.3, 0.4) is 0 Å². The van der Waals surface area contributed by atoms with Gasteiger partial charge in [-0.2, -0.15) is 5.10 Å². The van der Waals surface area contributed by atoms with Crippen molar-refractivity contribution in [2.75, 3.05) is 6.54 Å². The fraction of sp³-hybridized carbons (Fsp3) is 0.222. The van der Waals surface area contributed by atoms with E-state index in [1.807, 2.05) is 11.4 Å². The number of aromatic nitrogens is 2. The van der Waals surface area contributed by atoms with Crippen LogP contribution in [0.1, 0.15) is 26.5 Å². The molecule has 25 heavy (non-hydrogen) atoms. The van der Waals surface area contributed by atoms with E-state index in [9.17, 15) is 13.6 Å². The zero-order valence-electron chi connectivity index (χ0n) is 13.5. The molecule has 0 saturated heterocycles. The summed E-state index contributed by atoms with van der Waals surface area (Å²) in [7, 11) is 0. The standard InChI is InChI=1S/C18H15F2N3OS/c1-11-14(9-21-23(11)16-3-2-13(19)8-15(16)20)18(24)22-6-4-17-12(10-22)5-7-25-17/h2-3,5,7-9H,4,6,10H2,1H3. The van der Waals surface area contributed by atoms with Gasteiger partial charge in [0.15, 0.2) is 5.82 Å². The monoisotopic (exact) mass is 359 g/mol. The van der Waals surface area contributed by atoms with Crippen molar-refractivity contribution in [2.24, 2.45) is 0 Å². The normalized spacial score (nSPS) is 13.8. The van der Waals surface area contributed by atoms with Gasteiger partial charge in [-0.15, -0.1) is 11.3 Å². The lowest BCUT2D eigenvalue weighted by molar-refractivity contribution is 0.0735. The Labute approximate surface area is 147 Å². The van der Waals surface area contributed by atoms with Gasteiger partial charge >= 0.3 is 0 Å². The Morgan fingerprint density at radius 2 is 2.12 bits per heavy atom. The third kappa shape index (κ3) is 2.74. The van der Waals surface area contributed by atoms with Gasteiger partial charge < -0.3 is 4.90 Å². The predicted molar refractivity (Wildman–Crippen MR) is 91.0 cm³/mol.